The summed E-state index contributed by atoms with van der Waals surface area (Å²) in [6, 6.07) is 14.0. The molecule has 0 heterocycles. The van der Waals surface area contributed by atoms with Gasteiger partial charge in [0.1, 0.15) is 17.5 Å². The van der Waals surface area contributed by atoms with Crippen molar-refractivity contribution < 1.29 is 14.6 Å². The van der Waals surface area contributed by atoms with Crippen molar-refractivity contribution in [1.29, 1.82) is 0 Å². The molecular weight excluding hydrogens is 302 g/mol. The van der Waals surface area contributed by atoms with E-state index < -0.39 is 12.0 Å². The first kappa shape index (κ1) is 16.3. The molecule has 0 aromatic heterocycles. The number of benzene rings is 2. The lowest BCUT2D eigenvalue weighted by molar-refractivity contribution is -0.142. The Morgan fingerprint density at radius 1 is 1.23 bits per heavy atom. The summed E-state index contributed by atoms with van der Waals surface area (Å²) in [4.78, 5) is 13.0. The number of halogens is 1. The molecule has 0 aliphatic heterocycles. The van der Waals surface area contributed by atoms with Crippen molar-refractivity contribution in [2.45, 2.75) is 12.5 Å². The predicted molar refractivity (Wildman–Crippen MR) is 86.8 cm³/mol. The molecule has 5 heteroatoms. The largest absolute Gasteiger partial charge is 0.480 e. The number of hydrogen-bond donors (Lipinski definition) is 1. The Hall–Kier alpha value is -2.04. The van der Waals surface area contributed by atoms with Gasteiger partial charge in [-0.3, -0.25) is 9.69 Å². The maximum absolute atomic E-state index is 11.4. The molecule has 0 saturated carbocycles. The highest BCUT2D eigenvalue weighted by Crippen LogP contribution is 2.29. The number of ether oxygens (including phenoxy) is 1. The van der Waals surface area contributed by atoms with Crippen LogP contribution in [0, 0.1) is 0 Å². The van der Waals surface area contributed by atoms with E-state index in [9.17, 15) is 9.90 Å². The van der Waals surface area contributed by atoms with Gasteiger partial charge in [0, 0.05) is 11.4 Å². The van der Waals surface area contributed by atoms with Gasteiger partial charge in [0.2, 0.25) is 0 Å². The van der Waals surface area contributed by atoms with E-state index in [0.717, 1.165) is 5.56 Å². The zero-order valence-electron chi connectivity index (χ0n) is 12.5. The number of nitrogens with zero attached hydrogens (tertiary/aromatic N) is 1. The molecule has 22 heavy (non-hydrogen) atoms. The Morgan fingerprint density at radius 2 is 1.91 bits per heavy atom. The molecule has 2 aromatic rings. The second kappa shape index (κ2) is 7.29. The fourth-order valence-electron chi connectivity index (χ4n) is 2.12. The van der Waals surface area contributed by atoms with Crippen LogP contribution >= 0.6 is 11.6 Å². The molecule has 0 spiro atoms. The van der Waals surface area contributed by atoms with E-state index in [1.165, 1.54) is 0 Å². The lowest BCUT2D eigenvalue weighted by Gasteiger charge is -2.21. The molecule has 2 rings (SSSR count). The van der Waals surface area contributed by atoms with Crippen molar-refractivity contribution in [3.05, 3.63) is 59.1 Å². The number of carbonyl (C=O) groups is 1. The zero-order valence-corrected chi connectivity index (χ0v) is 13.2. The van der Waals surface area contributed by atoms with Crippen LogP contribution in [0.4, 0.5) is 0 Å². The number of para-hydroxylation sites is 1. The first-order chi connectivity index (χ1) is 10.5. The van der Waals surface area contributed by atoms with Crippen molar-refractivity contribution in [1.82, 2.24) is 4.90 Å². The van der Waals surface area contributed by atoms with Crippen LogP contribution in [-0.2, 0) is 11.2 Å². The molecule has 1 atom stereocenters. The van der Waals surface area contributed by atoms with Crippen molar-refractivity contribution >= 4 is 17.6 Å². The van der Waals surface area contributed by atoms with Gasteiger partial charge in [0.05, 0.1) is 0 Å². The first-order valence-electron chi connectivity index (χ1n) is 6.88. The average molecular weight is 320 g/mol. The van der Waals surface area contributed by atoms with Crippen LogP contribution in [0.3, 0.4) is 0 Å². The molecule has 4 nitrogen and oxygen atoms in total. The Kier molecular flexibility index (Phi) is 5.41. The van der Waals surface area contributed by atoms with Crippen molar-refractivity contribution in [2.24, 2.45) is 0 Å². The molecule has 1 N–H and O–H groups in total. The van der Waals surface area contributed by atoms with Gasteiger partial charge in [-0.1, -0.05) is 29.8 Å². The Labute approximate surface area is 134 Å². The molecule has 2 aromatic carbocycles. The van der Waals surface area contributed by atoms with Gasteiger partial charge < -0.3 is 9.84 Å². The number of carboxylic acid groups (broad SMARTS) is 1. The van der Waals surface area contributed by atoms with Gasteiger partial charge in [-0.25, -0.2) is 0 Å². The molecule has 0 bridgehead atoms. The van der Waals surface area contributed by atoms with Crippen LogP contribution < -0.4 is 4.74 Å². The summed E-state index contributed by atoms with van der Waals surface area (Å²) in [7, 11) is 3.47. The van der Waals surface area contributed by atoms with Gasteiger partial charge in [-0.05, 0) is 50.0 Å². The molecular formula is C17H18ClNO3. The Bertz CT molecular complexity index is 644. The standard InChI is InChI=1S/C17H18ClNO3/c1-19(2)15(17(20)21)11-12-10-13(18)8-9-16(12)22-14-6-4-3-5-7-14/h3-10,15H,11H2,1-2H3,(H,20,21). The van der Waals surface area contributed by atoms with Gasteiger partial charge in [-0.2, -0.15) is 0 Å². The predicted octanol–water partition coefficient (Wildman–Crippen LogP) is 3.69. The fraction of sp³-hybridized carbons (Fsp3) is 0.235. The van der Waals surface area contributed by atoms with Crippen LogP contribution in [0.2, 0.25) is 5.02 Å². The van der Waals surface area contributed by atoms with E-state index in [4.69, 9.17) is 16.3 Å². The summed E-state index contributed by atoms with van der Waals surface area (Å²) in [5.41, 5.74) is 0.762. The molecule has 0 aliphatic rings. The molecule has 0 amide bonds. The minimum Gasteiger partial charge on any atom is -0.480 e. The summed E-state index contributed by atoms with van der Waals surface area (Å²) in [6.07, 6.45) is 0.311. The van der Waals surface area contributed by atoms with E-state index in [2.05, 4.69) is 0 Å². The maximum Gasteiger partial charge on any atom is 0.321 e. The third-order valence-corrected chi connectivity index (χ3v) is 3.55. The molecule has 1 unspecified atom stereocenters. The molecule has 0 fully saturated rings. The lowest BCUT2D eigenvalue weighted by atomic mass is 10.0. The highest BCUT2D eigenvalue weighted by molar-refractivity contribution is 6.30. The van der Waals surface area contributed by atoms with Crippen LogP contribution in [0.15, 0.2) is 48.5 Å². The quantitative estimate of drug-likeness (QED) is 0.882. The molecule has 0 aliphatic carbocycles. The van der Waals surface area contributed by atoms with E-state index >= 15 is 0 Å². The fourth-order valence-corrected chi connectivity index (χ4v) is 2.32. The van der Waals surface area contributed by atoms with Crippen LogP contribution in [-0.4, -0.2) is 36.1 Å². The summed E-state index contributed by atoms with van der Waals surface area (Å²) in [5, 5.41) is 9.89. The normalized spacial score (nSPS) is 12.2. The highest BCUT2D eigenvalue weighted by Gasteiger charge is 2.22. The van der Waals surface area contributed by atoms with Gasteiger partial charge in [-0.15, -0.1) is 0 Å². The summed E-state index contributed by atoms with van der Waals surface area (Å²) in [5.74, 6) is 0.433. The van der Waals surface area contributed by atoms with E-state index in [1.54, 1.807) is 37.2 Å². The van der Waals surface area contributed by atoms with Crippen molar-refractivity contribution in [3.8, 4) is 11.5 Å². The van der Waals surface area contributed by atoms with Crippen LogP contribution in [0.5, 0.6) is 11.5 Å². The summed E-state index contributed by atoms with van der Waals surface area (Å²) >= 11 is 6.05. The number of hydrogen-bond acceptors (Lipinski definition) is 3. The Balaban J connectivity index is 2.29. The van der Waals surface area contributed by atoms with Crippen LogP contribution in [0.25, 0.3) is 0 Å². The second-order valence-corrected chi connectivity index (χ2v) is 5.63. The van der Waals surface area contributed by atoms with Gasteiger partial charge in [0.25, 0.3) is 0 Å². The van der Waals surface area contributed by atoms with E-state index in [0.29, 0.717) is 22.9 Å². The minimum atomic E-state index is -0.879. The van der Waals surface area contributed by atoms with Crippen LogP contribution in [0.1, 0.15) is 5.56 Å². The van der Waals surface area contributed by atoms with E-state index in [1.807, 2.05) is 30.3 Å². The van der Waals surface area contributed by atoms with Gasteiger partial charge in [0.15, 0.2) is 0 Å². The average Bonchev–Trinajstić information content (AvgIpc) is 2.47. The second-order valence-electron chi connectivity index (χ2n) is 5.19. The molecule has 0 radical (unpaired) electrons. The van der Waals surface area contributed by atoms with Crippen molar-refractivity contribution in [3.63, 3.8) is 0 Å². The SMILES string of the molecule is CN(C)C(Cc1cc(Cl)ccc1Oc1ccccc1)C(=O)O. The topological polar surface area (TPSA) is 49.8 Å². The summed E-state index contributed by atoms with van der Waals surface area (Å²) in [6.45, 7) is 0. The monoisotopic (exact) mass is 319 g/mol. The Morgan fingerprint density at radius 3 is 2.50 bits per heavy atom. The number of rotatable bonds is 6. The minimum absolute atomic E-state index is 0.311. The first-order valence-corrected chi connectivity index (χ1v) is 7.25. The van der Waals surface area contributed by atoms with Crippen molar-refractivity contribution in [2.75, 3.05) is 14.1 Å². The lowest BCUT2D eigenvalue weighted by Crippen LogP contribution is -2.37. The smallest absolute Gasteiger partial charge is 0.321 e. The zero-order chi connectivity index (χ0) is 16.1. The summed E-state index contributed by atoms with van der Waals surface area (Å²) < 4.78 is 5.85. The maximum atomic E-state index is 11.4. The third kappa shape index (κ3) is 4.23. The highest BCUT2D eigenvalue weighted by atomic mass is 35.5. The number of carboxylic acids is 1. The molecule has 116 valence electrons. The number of aliphatic carboxylic acids is 1. The van der Waals surface area contributed by atoms with Gasteiger partial charge >= 0.3 is 5.97 Å². The third-order valence-electron chi connectivity index (χ3n) is 3.32. The number of likely N-dealkylation sites (N-methyl/N-ethyl adjacent to an activating group) is 1. The molecule has 0 saturated heterocycles. The van der Waals surface area contributed by atoms with E-state index in [-0.39, 0.29) is 0 Å².